The average Bonchev–Trinajstić information content (AvgIpc) is 2.75. The molecule has 0 aliphatic heterocycles. The van der Waals surface area contributed by atoms with E-state index in [9.17, 15) is 4.79 Å². The van der Waals surface area contributed by atoms with Crippen molar-refractivity contribution in [2.45, 2.75) is 33.7 Å². The van der Waals surface area contributed by atoms with E-state index in [-0.39, 0.29) is 5.78 Å². The van der Waals surface area contributed by atoms with Gasteiger partial charge in [-0.2, -0.15) is 5.10 Å². The van der Waals surface area contributed by atoms with Gasteiger partial charge in [0.1, 0.15) is 5.69 Å². The summed E-state index contributed by atoms with van der Waals surface area (Å²) in [7, 11) is 0. The molecular weight excluding hydrogens is 226 g/mol. The molecule has 0 saturated heterocycles. The summed E-state index contributed by atoms with van der Waals surface area (Å²) in [5.41, 5.74) is 3.04. The summed E-state index contributed by atoms with van der Waals surface area (Å²) in [6.45, 7) is 6.62. The van der Waals surface area contributed by atoms with Crippen molar-refractivity contribution in [2.75, 3.05) is 0 Å². The van der Waals surface area contributed by atoms with Gasteiger partial charge in [0, 0.05) is 29.7 Å². The van der Waals surface area contributed by atoms with E-state index in [4.69, 9.17) is 0 Å². The lowest BCUT2D eigenvalue weighted by Crippen LogP contribution is -2.12. The van der Waals surface area contributed by atoms with Crippen molar-refractivity contribution in [3.05, 3.63) is 47.0 Å². The van der Waals surface area contributed by atoms with Crippen molar-refractivity contribution in [1.29, 1.82) is 0 Å². The number of aryl methyl sites for hydroxylation is 3. The van der Waals surface area contributed by atoms with Crippen LogP contribution in [0.2, 0.25) is 0 Å². The third-order valence-corrected chi connectivity index (χ3v) is 2.73. The highest BCUT2D eigenvalue weighted by atomic mass is 16.1. The van der Waals surface area contributed by atoms with Gasteiger partial charge in [-0.25, -0.2) is 0 Å². The average molecular weight is 243 g/mol. The lowest BCUT2D eigenvalue weighted by Gasteiger charge is -2.06. The summed E-state index contributed by atoms with van der Waals surface area (Å²) < 4.78 is 1.76. The SMILES string of the molecule is CCCn1nccc1C(=O)c1cc(C)nc(C)c1. The van der Waals surface area contributed by atoms with E-state index in [1.54, 1.807) is 16.9 Å². The molecule has 2 aromatic rings. The van der Waals surface area contributed by atoms with E-state index < -0.39 is 0 Å². The molecular formula is C14H17N3O. The summed E-state index contributed by atoms with van der Waals surface area (Å²) >= 11 is 0. The Morgan fingerprint density at radius 1 is 1.28 bits per heavy atom. The van der Waals surface area contributed by atoms with Crippen LogP contribution in [0.4, 0.5) is 0 Å². The van der Waals surface area contributed by atoms with Gasteiger partial charge in [0.15, 0.2) is 0 Å². The molecule has 4 heteroatoms. The van der Waals surface area contributed by atoms with E-state index in [2.05, 4.69) is 17.0 Å². The van der Waals surface area contributed by atoms with Crippen LogP contribution in [0.3, 0.4) is 0 Å². The summed E-state index contributed by atoms with van der Waals surface area (Å²) in [4.78, 5) is 16.7. The van der Waals surface area contributed by atoms with E-state index in [0.717, 1.165) is 24.4 Å². The number of hydrogen-bond donors (Lipinski definition) is 0. The number of rotatable bonds is 4. The minimum absolute atomic E-state index is 0.00884. The maximum Gasteiger partial charge on any atom is 0.211 e. The van der Waals surface area contributed by atoms with Crippen molar-refractivity contribution in [1.82, 2.24) is 14.8 Å². The van der Waals surface area contributed by atoms with Crippen molar-refractivity contribution < 1.29 is 4.79 Å². The predicted octanol–water partition coefficient (Wildman–Crippen LogP) is 2.54. The second-order valence-electron chi connectivity index (χ2n) is 4.41. The first-order valence-electron chi connectivity index (χ1n) is 6.13. The fourth-order valence-electron chi connectivity index (χ4n) is 2.03. The number of ketones is 1. The van der Waals surface area contributed by atoms with Gasteiger partial charge >= 0.3 is 0 Å². The fourth-order valence-corrected chi connectivity index (χ4v) is 2.03. The van der Waals surface area contributed by atoms with Crippen molar-refractivity contribution >= 4 is 5.78 Å². The molecule has 0 unspecified atom stereocenters. The van der Waals surface area contributed by atoms with Gasteiger partial charge in [-0.3, -0.25) is 14.5 Å². The highest BCUT2D eigenvalue weighted by Crippen LogP contribution is 2.12. The smallest absolute Gasteiger partial charge is 0.211 e. The molecule has 0 bridgehead atoms. The Hall–Kier alpha value is -1.97. The van der Waals surface area contributed by atoms with Crippen LogP contribution >= 0.6 is 0 Å². The Morgan fingerprint density at radius 3 is 2.56 bits per heavy atom. The second-order valence-corrected chi connectivity index (χ2v) is 4.41. The molecule has 18 heavy (non-hydrogen) atoms. The number of pyridine rings is 1. The number of aromatic nitrogens is 3. The van der Waals surface area contributed by atoms with Crippen LogP contribution in [0.5, 0.6) is 0 Å². The predicted molar refractivity (Wildman–Crippen MR) is 69.7 cm³/mol. The largest absolute Gasteiger partial charge is 0.287 e. The van der Waals surface area contributed by atoms with Crippen molar-refractivity contribution in [2.24, 2.45) is 0 Å². The van der Waals surface area contributed by atoms with Gasteiger partial charge < -0.3 is 0 Å². The topological polar surface area (TPSA) is 47.8 Å². The van der Waals surface area contributed by atoms with E-state index >= 15 is 0 Å². The number of nitrogens with zero attached hydrogens (tertiary/aromatic N) is 3. The molecule has 2 rings (SSSR count). The first-order valence-corrected chi connectivity index (χ1v) is 6.13. The monoisotopic (exact) mass is 243 g/mol. The maximum absolute atomic E-state index is 12.4. The van der Waals surface area contributed by atoms with Crippen LogP contribution in [0.1, 0.15) is 40.8 Å². The normalized spacial score (nSPS) is 10.6. The molecule has 0 atom stereocenters. The third-order valence-electron chi connectivity index (χ3n) is 2.73. The minimum Gasteiger partial charge on any atom is -0.287 e. The van der Waals surface area contributed by atoms with E-state index in [0.29, 0.717) is 11.3 Å². The van der Waals surface area contributed by atoms with Crippen LogP contribution in [-0.4, -0.2) is 20.5 Å². The van der Waals surface area contributed by atoms with Gasteiger partial charge in [-0.05, 0) is 38.5 Å². The molecule has 2 heterocycles. The van der Waals surface area contributed by atoms with Crippen LogP contribution in [-0.2, 0) is 6.54 Å². The van der Waals surface area contributed by atoms with Crippen LogP contribution < -0.4 is 0 Å². The van der Waals surface area contributed by atoms with E-state index in [1.165, 1.54) is 0 Å². The lowest BCUT2D eigenvalue weighted by molar-refractivity contribution is 0.102. The molecule has 0 aromatic carbocycles. The number of carbonyl (C=O) groups excluding carboxylic acids is 1. The maximum atomic E-state index is 12.4. The molecule has 0 amide bonds. The van der Waals surface area contributed by atoms with Gasteiger partial charge in [-0.15, -0.1) is 0 Å². The molecule has 94 valence electrons. The second kappa shape index (κ2) is 5.12. The molecule has 0 aliphatic rings. The first kappa shape index (κ1) is 12.5. The third kappa shape index (κ3) is 2.47. The van der Waals surface area contributed by atoms with Gasteiger partial charge in [-0.1, -0.05) is 6.92 Å². The Balaban J connectivity index is 2.38. The minimum atomic E-state index is 0.00884. The number of hydrogen-bond acceptors (Lipinski definition) is 3. The van der Waals surface area contributed by atoms with Gasteiger partial charge in [0.2, 0.25) is 5.78 Å². The fraction of sp³-hybridized carbons (Fsp3) is 0.357. The summed E-state index contributed by atoms with van der Waals surface area (Å²) in [5.74, 6) is 0.00884. The summed E-state index contributed by atoms with van der Waals surface area (Å²) in [6.07, 6.45) is 2.63. The summed E-state index contributed by atoms with van der Waals surface area (Å²) in [6, 6.07) is 5.40. The Bertz CT molecular complexity index is 552. The Kier molecular flexibility index (Phi) is 3.55. The lowest BCUT2D eigenvalue weighted by atomic mass is 10.1. The quantitative estimate of drug-likeness (QED) is 0.775. The highest BCUT2D eigenvalue weighted by Gasteiger charge is 2.14. The molecule has 0 aliphatic carbocycles. The summed E-state index contributed by atoms with van der Waals surface area (Å²) in [5, 5.41) is 4.18. The molecule has 0 spiro atoms. The number of carbonyl (C=O) groups is 1. The Labute approximate surface area is 107 Å². The Morgan fingerprint density at radius 2 is 1.94 bits per heavy atom. The standard InChI is InChI=1S/C14H17N3O/c1-4-7-17-13(5-6-15-17)14(18)12-8-10(2)16-11(3)9-12/h5-6,8-9H,4,7H2,1-3H3. The molecule has 0 N–H and O–H groups in total. The molecule has 0 radical (unpaired) electrons. The van der Waals surface area contributed by atoms with Gasteiger partial charge in [0.05, 0.1) is 0 Å². The van der Waals surface area contributed by atoms with Crippen LogP contribution in [0, 0.1) is 13.8 Å². The van der Waals surface area contributed by atoms with Crippen molar-refractivity contribution in [3.8, 4) is 0 Å². The van der Waals surface area contributed by atoms with Gasteiger partial charge in [0.25, 0.3) is 0 Å². The van der Waals surface area contributed by atoms with Crippen LogP contribution in [0.15, 0.2) is 24.4 Å². The first-order chi connectivity index (χ1) is 8.61. The van der Waals surface area contributed by atoms with Crippen LogP contribution in [0.25, 0.3) is 0 Å². The highest BCUT2D eigenvalue weighted by molar-refractivity contribution is 6.07. The zero-order valence-corrected chi connectivity index (χ0v) is 11.0. The molecule has 0 saturated carbocycles. The molecule has 2 aromatic heterocycles. The van der Waals surface area contributed by atoms with E-state index in [1.807, 2.05) is 26.0 Å². The zero-order valence-electron chi connectivity index (χ0n) is 11.0. The zero-order chi connectivity index (χ0) is 13.1. The molecule has 0 fully saturated rings. The van der Waals surface area contributed by atoms with Crippen molar-refractivity contribution in [3.63, 3.8) is 0 Å². The molecule has 4 nitrogen and oxygen atoms in total.